The van der Waals surface area contributed by atoms with Gasteiger partial charge in [-0.3, -0.25) is 0 Å². The van der Waals surface area contributed by atoms with Crippen LogP contribution in [0.1, 0.15) is 25.1 Å². The van der Waals surface area contributed by atoms with Gasteiger partial charge in [0.15, 0.2) is 0 Å². The van der Waals surface area contributed by atoms with Gasteiger partial charge in [-0.15, -0.1) is 0 Å². The van der Waals surface area contributed by atoms with Crippen molar-refractivity contribution in [3.63, 3.8) is 0 Å². The first-order chi connectivity index (χ1) is 11.1. The van der Waals surface area contributed by atoms with Gasteiger partial charge in [0.1, 0.15) is 17.5 Å². The van der Waals surface area contributed by atoms with Crippen molar-refractivity contribution >= 4 is 15.9 Å². The Morgan fingerprint density at radius 3 is 2.48 bits per heavy atom. The van der Waals surface area contributed by atoms with Gasteiger partial charge < -0.3 is 4.98 Å². The molecule has 0 fully saturated rings. The maximum atomic E-state index is 13.8. The smallest absolute Gasteiger partial charge is 0.140 e. The van der Waals surface area contributed by atoms with Crippen LogP contribution in [0.2, 0.25) is 0 Å². The second kappa shape index (κ2) is 8.02. The van der Waals surface area contributed by atoms with Gasteiger partial charge >= 0.3 is 0 Å². The van der Waals surface area contributed by atoms with E-state index in [2.05, 4.69) is 25.9 Å². The first-order valence-corrected chi connectivity index (χ1v) is 8.15. The molecule has 0 aliphatic heterocycles. The van der Waals surface area contributed by atoms with E-state index in [1.54, 1.807) is 36.5 Å². The van der Waals surface area contributed by atoms with Crippen LogP contribution in [-0.2, 0) is 6.42 Å². The molecule has 1 heterocycles. The minimum Gasteiger partial charge on any atom is -0.341 e. The number of H-pyrrole nitrogens is 1. The van der Waals surface area contributed by atoms with Crippen molar-refractivity contribution in [3.8, 4) is 11.4 Å². The van der Waals surface area contributed by atoms with Crippen LogP contribution in [0, 0.1) is 11.6 Å². The number of nitrogens with zero attached hydrogens (tertiary/aromatic N) is 1. The lowest BCUT2D eigenvalue weighted by molar-refractivity contribution is 0.612. The van der Waals surface area contributed by atoms with Crippen molar-refractivity contribution in [2.75, 3.05) is 0 Å². The topological polar surface area (TPSA) is 28.7 Å². The van der Waals surface area contributed by atoms with Gasteiger partial charge in [-0.25, -0.2) is 13.8 Å². The number of hydrogen-bond acceptors (Lipinski definition) is 1. The molecule has 3 rings (SSSR count). The number of halogens is 3. The summed E-state index contributed by atoms with van der Waals surface area (Å²) >= 11 is 3.22. The van der Waals surface area contributed by atoms with Crippen molar-refractivity contribution < 1.29 is 8.78 Å². The fourth-order valence-electron chi connectivity index (χ4n) is 2.11. The summed E-state index contributed by atoms with van der Waals surface area (Å²) in [5.41, 5.74) is 1.69. The predicted molar refractivity (Wildman–Crippen MR) is 92.2 cm³/mol. The highest BCUT2D eigenvalue weighted by molar-refractivity contribution is 9.10. The molecule has 5 heteroatoms. The summed E-state index contributed by atoms with van der Waals surface area (Å²) in [6, 6.07) is 11.3. The first-order valence-electron chi connectivity index (χ1n) is 7.36. The SMILES string of the molecule is CC.Fc1cc(Br)ccc1Cc1cnc(-c2ccccc2F)[nH]1. The van der Waals surface area contributed by atoms with E-state index in [0.29, 0.717) is 27.8 Å². The van der Waals surface area contributed by atoms with E-state index in [0.717, 1.165) is 5.69 Å². The van der Waals surface area contributed by atoms with Crippen LogP contribution < -0.4 is 0 Å². The van der Waals surface area contributed by atoms with Crippen LogP contribution in [0.15, 0.2) is 53.1 Å². The van der Waals surface area contributed by atoms with Gasteiger partial charge in [0.2, 0.25) is 0 Å². The summed E-state index contributed by atoms with van der Waals surface area (Å²) in [7, 11) is 0. The Balaban J connectivity index is 0.000000924. The zero-order valence-corrected chi connectivity index (χ0v) is 14.5. The lowest BCUT2D eigenvalue weighted by atomic mass is 10.1. The zero-order chi connectivity index (χ0) is 16.8. The van der Waals surface area contributed by atoms with Gasteiger partial charge in [-0.2, -0.15) is 0 Å². The van der Waals surface area contributed by atoms with Crippen LogP contribution in [0.4, 0.5) is 8.78 Å². The Hall–Kier alpha value is -2.01. The zero-order valence-electron chi connectivity index (χ0n) is 12.9. The molecule has 3 aromatic rings. The molecule has 2 nitrogen and oxygen atoms in total. The molecule has 2 aromatic carbocycles. The molecule has 0 spiro atoms. The molecule has 0 saturated heterocycles. The number of nitrogens with one attached hydrogen (secondary N) is 1. The van der Waals surface area contributed by atoms with Gasteiger partial charge in [0.25, 0.3) is 0 Å². The maximum absolute atomic E-state index is 13.8. The molecule has 120 valence electrons. The summed E-state index contributed by atoms with van der Waals surface area (Å²) in [6.07, 6.45) is 1.98. The van der Waals surface area contributed by atoms with Crippen molar-refractivity contribution in [3.05, 3.63) is 76.0 Å². The Morgan fingerprint density at radius 1 is 1.04 bits per heavy atom. The molecule has 0 amide bonds. The molecule has 0 saturated carbocycles. The number of imidazole rings is 1. The molecular weight excluding hydrogens is 362 g/mol. The van der Waals surface area contributed by atoms with Gasteiger partial charge in [0, 0.05) is 22.8 Å². The molecule has 0 bridgehead atoms. The summed E-state index contributed by atoms with van der Waals surface area (Å²) in [5.74, 6) is -0.180. The maximum Gasteiger partial charge on any atom is 0.140 e. The van der Waals surface area contributed by atoms with E-state index in [1.165, 1.54) is 12.1 Å². The highest BCUT2D eigenvalue weighted by Crippen LogP contribution is 2.21. The predicted octanol–water partition coefficient (Wildman–Crippen LogP) is 5.73. The highest BCUT2D eigenvalue weighted by atomic mass is 79.9. The number of aromatic amines is 1. The van der Waals surface area contributed by atoms with Gasteiger partial charge in [-0.1, -0.05) is 48.0 Å². The van der Waals surface area contributed by atoms with Crippen LogP contribution >= 0.6 is 15.9 Å². The van der Waals surface area contributed by atoms with Crippen LogP contribution in [0.3, 0.4) is 0 Å². The summed E-state index contributed by atoms with van der Waals surface area (Å²) in [6.45, 7) is 4.00. The van der Waals surface area contributed by atoms with Crippen molar-refractivity contribution in [2.45, 2.75) is 20.3 Å². The van der Waals surface area contributed by atoms with Crippen molar-refractivity contribution in [1.29, 1.82) is 0 Å². The minimum absolute atomic E-state index is 0.286. The Kier molecular flexibility index (Phi) is 6.04. The average molecular weight is 379 g/mol. The normalized spacial score (nSPS) is 10.1. The van der Waals surface area contributed by atoms with Crippen molar-refractivity contribution in [1.82, 2.24) is 9.97 Å². The summed E-state index contributed by atoms with van der Waals surface area (Å²) < 4.78 is 28.2. The molecular formula is C18H17BrF2N2. The number of hydrogen-bond donors (Lipinski definition) is 1. The van der Waals surface area contributed by atoms with Crippen LogP contribution in [0.25, 0.3) is 11.4 Å². The van der Waals surface area contributed by atoms with Gasteiger partial charge in [-0.05, 0) is 29.8 Å². The van der Waals surface area contributed by atoms with E-state index in [-0.39, 0.29) is 11.6 Å². The Labute approximate surface area is 142 Å². The van der Waals surface area contributed by atoms with E-state index in [9.17, 15) is 8.78 Å². The fraction of sp³-hybridized carbons (Fsp3) is 0.167. The van der Waals surface area contributed by atoms with Crippen LogP contribution in [-0.4, -0.2) is 9.97 Å². The minimum atomic E-state index is -0.340. The lowest BCUT2D eigenvalue weighted by Gasteiger charge is -2.02. The average Bonchev–Trinajstić information content (AvgIpc) is 3.01. The van der Waals surface area contributed by atoms with E-state index in [1.807, 2.05) is 13.8 Å². The third kappa shape index (κ3) is 4.26. The van der Waals surface area contributed by atoms with Crippen LogP contribution in [0.5, 0.6) is 0 Å². The molecule has 1 N–H and O–H groups in total. The molecule has 0 aliphatic carbocycles. The fourth-order valence-corrected chi connectivity index (χ4v) is 2.44. The standard InChI is InChI=1S/C16H11BrF2N2.C2H6/c17-11-6-5-10(15(19)8-11)7-12-9-20-16(21-12)13-3-1-2-4-14(13)18;1-2/h1-6,8-9H,7H2,(H,20,21);1-2H3. The second-order valence-corrected chi connectivity index (χ2v) is 5.57. The molecule has 0 aliphatic rings. The van der Waals surface area contributed by atoms with E-state index >= 15 is 0 Å². The largest absolute Gasteiger partial charge is 0.341 e. The lowest BCUT2D eigenvalue weighted by Crippen LogP contribution is -1.93. The third-order valence-electron chi connectivity index (χ3n) is 3.15. The molecule has 0 atom stereocenters. The third-order valence-corrected chi connectivity index (χ3v) is 3.65. The first kappa shape index (κ1) is 17.3. The summed E-state index contributed by atoms with van der Waals surface area (Å²) in [4.78, 5) is 7.19. The molecule has 0 radical (unpaired) electrons. The highest BCUT2D eigenvalue weighted by Gasteiger charge is 2.10. The Morgan fingerprint density at radius 2 is 1.78 bits per heavy atom. The van der Waals surface area contributed by atoms with E-state index in [4.69, 9.17) is 0 Å². The number of aromatic nitrogens is 2. The second-order valence-electron chi connectivity index (χ2n) is 4.65. The number of benzene rings is 2. The van der Waals surface area contributed by atoms with E-state index < -0.39 is 0 Å². The number of rotatable bonds is 3. The van der Waals surface area contributed by atoms with Crippen molar-refractivity contribution in [2.24, 2.45) is 0 Å². The van der Waals surface area contributed by atoms with Gasteiger partial charge in [0.05, 0.1) is 5.56 Å². The molecule has 23 heavy (non-hydrogen) atoms. The molecule has 0 unspecified atom stereocenters. The Bertz CT molecular complexity index is 784. The molecule has 1 aromatic heterocycles. The monoisotopic (exact) mass is 378 g/mol. The quantitative estimate of drug-likeness (QED) is 0.618. The summed E-state index contributed by atoms with van der Waals surface area (Å²) in [5, 5.41) is 0.